The van der Waals surface area contributed by atoms with Crippen LogP contribution in [-0.4, -0.2) is 18.5 Å². The van der Waals surface area contributed by atoms with Crippen molar-refractivity contribution in [2.45, 2.75) is 64.9 Å². The highest BCUT2D eigenvalue weighted by molar-refractivity contribution is 7.80. The molecule has 2 atom stereocenters. The van der Waals surface area contributed by atoms with Crippen LogP contribution in [0.25, 0.3) is 0 Å². The second-order valence-electron chi connectivity index (χ2n) is 5.55. The van der Waals surface area contributed by atoms with Gasteiger partial charge in [-0.15, -0.1) is 0 Å². The predicted molar refractivity (Wildman–Crippen MR) is 74.2 cm³/mol. The molecule has 0 radical (unpaired) electrons. The van der Waals surface area contributed by atoms with E-state index in [1.165, 1.54) is 44.9 Å². The summed E-state index contributed by atoms with van der Waals surface area (Å²) in [4.78, 5) is 0. The standard InChI is InChI=1S/C14H28OS/c1-12-9-13(2)11-14(10-12)15-7-5-3-4-6-8-16/h12-14,16H,3-11H2,1-2H3. The lowest BCUT2D eigenvalue weighted by molar-refractivity contribution is -0.000591. The summed E-state index contributed by atoms with van der Waals surface area (Å²) in [5.74, 6) is 2.74. The minimum absolute atomic E-state index is 0.545. The molecule has 2 unspecified atom stereocenters. The average Bonchev–Trinajstić information content (AvgIpc) is 2.22. The van der Waals surface area contributed by atoms with Gasteiger partial charge in [-0.3, -0.25) is 0 Å². The molecule has 16 heavy (non-hydrogen) atoms. The molecule has 0 heterocycles. The van der Waals surface area contributed by atoms with E-state index < -0.39 is 0 Å². The van der Waals surface area contributed by atoms with Gasteiger partial charge >= 0.3 is 0 Å². The monoisotopic (exact) mass is 244 g/mol. The first-order chi connectivity index (χ1) is 7.72. The van der Waals surface area contributed by atoms with Crippen LogP contribution >= 0.6 is 12.6 Å². The third-order valence-corrected chi connectivity index (χ3v) is 3.86. The SMILES string of the molecule is CC1CC(C)CC(OCCCCCCS)C1. The molecule has 1 aliphatic rings. The number of hydrogen-bond donors (Lipinski definition) is 1. The second kappa shape index (κ2) is 8.41. The number of unbranched alkanes of at least 4 members (excludes halogenated alkanes) is 3. The zero-order valence-electron chi connectivity index (χ0n) is 11.0. The summed E-state index contributed by atoms with van der Waals surface area (Å²) in [6.07, 6.45) is 9.59. The first kappa shape index (κ1) is 14.4. The van der Waals surface area contributed by atoms with Crippen molar-refractivity contribution < 1.29 is 4.74 Å². The Morgan fingerprint density at radius 3 is 2.19 bits per heavy atom. The maximum absolute atomic E-state index is 5.98. The highest BCUT2D eigenvalue weighted by Gasteiger charge is 2.23. The quantitative estimate of drug-likeness (QED) is 0.518. The van der Waals surface area contributed by atoms with Gasteiger partial charge in [0.15, 0.2) is 0 Å². The third kappa shape index (κ3) is 6.15. The molecule has 0 N–H and O–H groups in total. The van der Waals surface area contributed by atoms with Gasteiger partial charge < -0.3 is 4.74 Å². The minimum atomic E-state index is 0.545. The molecule has 1 nitrogen and oxygen atoms in total. The van der Waals surface area contributed by atoms with Crippen LogP contribution in [0, 0.1) is 11.8 Å². The maximum atomic E-state index is 5.98. The largest absolute Gasteiger partial charge is 0.378 e. The number of hydrogen-bond acceptors (Lipinski definition) is 2. The normalized spacial score (nSPS) is 30.6. The van der Waals surface area contributed by atoms with E-state index in [9.17, 15) is 0 Å². The van der Waals surface area contributed by atoms with Gasteiger partial charge in [-0.05, 0) is 49.7 Å². The molecule has 1 rings (SSSR count). The molecular weight excluding hydrogens is 216 g/mol. The third-order valence-electron chi connectivity index (χ3n) is 3.54. The van der Waals surface area contributed by atoms with E-state index in [2.05, 4.69) is 26.5 Å². The van der Waals surface area contributed by atoms with Crippen LogP contribution in [0.15, 0.2) is 0 Å². The average molecular weight is 244 g/mol. The van der Waals surface area contributed by atoms with Gasteiger partial charge in [0.05, 0.1) is 6.10 Å². The van der Waals surface area contributed by atoms with Gasteiger partial charge in [0.25, 0.3) is 0 Å². The van der Waals surface area contributed by atoms with Crippen molar-refractivity contribution in [3.05, 3.63) is 0 Å². The van der Waals surface area contributed by atoms with Crippen molar-refractivity contribution in [3.8, 4) is 0 Å². The van der Waals surface area contributed by atoms with E-state index in [1.54, 1.807) is 0 Å². The van der Waals surface area contributed by atoms with Crippen molar-refractivity contribution in [3.63, 3.8) is 0 Å². The zero-order chi connectivity index (χ0) is 11.8. The topological polar surface area (TPSA) is 9.23 Å². The first-order valence-corrected chi connectivity index (χ1v) is 7.58. The Kier molecular flexibility index (Phi) is 7.55. The van der Waals surface area contributed by atoms with Crippen molar-refractivity contribution in [2.24, 2.45) is 11.8 Å². The molecule has 1 fully saturated rings. The van der Waals surface area contributed by atoms with Crippen LogP contribution in [0.3, 0.4) is 0 Å². The summed E-state index contributed by atoms with van der Waals surface area (Å²) in [5, 5.41) is 0. The van der Waals surface area contributed by atoms with Crippen molar-refractivity contribution in [1.29, 1.82) is 0 Å². The summed E-state index contributed by atoms with van der Waals surface area (Å²) < 4.78 is 5.98. The van der Waals surface area contributed by atoms with Crippen LogP contribution in [0.5, 0.6) is 0 Å². The maximum Gasteiger partial charge on any atom is 0.0580 e. The van der Waals surface area contributed by atoms with Crippen LogP contribution in [-0.2, 0) is 4.74 Å². The van der Waals surface area contributed by atoms with Crippen LogP contribution < -0.4 is 0 Å². The molecule has 0 aromatic heterocycles. The molecule has 0 aliphatic heterocycles. The van der Waals surface area contributed by atoms with Crippen LogP contribution in [0.1, 0.15) is 58.8 Å². The zero-order valence-corrected chi connectivity index (χ0v) is 11.8. The fourth-order valence-corrected chi connectivity index (χ4v) is 3.05. The fraction of sp³-hybridized carbons (Fsp3) is 1.00. The Balaban J connectivity index is 1.99. The van der Waals surface area contributed by atoms with Gasteiger partial charge in [-0.25, -0.2) is 0 Å². The Labute approximate surface area is 107 Å². The van der Waals surface area contributed by atoms with Gasteiger partial charge in [-0.1, -0.05) is 26.7 Å². The smallest absolute Gasteiger partial charge is 0.0580 e. The van der Waals surface area contributed by atoms with Crippen molar-refractivity contribution >= 4 is 12.6 Å². The van der Waals surface area contributed by atoms with E-state index in [-0.39, 0.29) is 0 Å². The molecule has 1 saturated carbocycles. The predicted octanol–water partition coefficient (Wildman–Crippen LogP) is 4.32. The van der Waals surface area contributed by atoms with Gasteiger partial charge in [-0.2, -0.15) is 12.6 Å². The first-order valence-electron chi connectivity index (χ1n) is 6.94. The number of thiol groups is 1. The summed E-state index contributed by atoms with van der Waals surface area (Å²) in [6.45, 7) is 5.69. The highest BCUT2D eigenvalue weighted by atomic mass is 32.1. The number of rotatable bonds is 7. The molecule has 0 aromatic rings. The summed E-state index contributed by atoms with van der Waals surface area (Å²) in [6, 6.07) is 0. The molecule has 0 aromatic carbocycles. The van der Waals surface area contributed by atoms with E-state index in [0.717, 1.165) is 24.2 Å². The highest BCUT2D eigenvalue weighted by Crippen LogP contribution is 2.30. The minimum Gasteiger partial charge on any atom is -0.378 e. The Hall–Kier alpha value is 0.310. The van der Waals surface area contributed by atoms with E-state index in [1.807, 2.05) is 0 Å². The van der Waals surface area contributed by atoms with Gasteiger partial charge in [0, 0.05) is 6.61 Å². The molecular formula is C14H28OS. The van der Waals surface area contributed by atoms with E-state index in [0.29, 0.717) is 6.10 Å². The lowest BCUT2D eigenvalue weighted by Crippen LogP contribution is -2.26. The fourth-order valence-electron chi connectivity index (χ4n) is 2.83. The Morgan fingerprint density at radius 2 is 1.56 bits per heavy atom. The molecule has 1 aliphatic carbocycles. The summed E-state index contributed by atoms with van der Waals surface area (Å²) in [5.41, 5.74) is 0. The van der Waals surface area contributed by atoms with Crippen LogP contribution in [0.2, 0.25) is 0 Å². The lowest BCUT2D eigenvalue weighted by atomic mass is 9.82. The second-order valence-corrected chi connectivity index (χ2v) is 6.00. The van der Waals surface area contributed by atoms with Crippen LogP contribution in [0.4, 0.5) is 0 Å². The van der Waals surface area contributed by atoms with E-state index in [4.69, 9.17) is 4.74 Å². The molecule has 2 heteroatoms. The molecule has 96 valence electrons. The van der Waals surface area contributed by atoms with Gasteiger partial charge in [0.2, 0.25) is 0 Å². The molecule has 0 amide bonds. The van der Waals surface area contributed by atoms with Crippen molar-refractivity contribution in [2.75, 3.05) is 12.4 Å². The Bertz CT molecular complexity index is 162. The summed E-state index contributed by atoms with van der Waals surface area (Å²) in [7, 11) is 0. The lowest BCUT2D eigenvalue weighted by Gasteiger charge is -2.31. The summed E-state index contributed by atoms with van der Waals surface area (Å²) >= 11 is 4.22. The van der Waals surface area contributed by atoms with Crippen molar-refractivity contribution in [1.82, 2.24) is 0 Å². The van der Waals surface area contributed by atoms with Gasteiger partial charge in [0.1, 0.15) is 0 Å². The van der Waals surface area contributed by atoms with E-state index >= 15 is 0 Å². The molecule has 0 spiro atoms. The molecule has 0 bridgehead atoms. The Morgan fingerprint density at radius 1 is 0.938 bits per heavy atom. The number of ether oxygens (including phenoxy) is 1. The molecule has 0 saturated heterocycles.